The van der Waals surface area contributed by atoms with Crippen LogP contribution in [0.3, 0.4) is 0 Å². The molecule has 0 saturated carbocycles. The van der Waals surface area contributed by atoms with Crippen LogP contribution in [0.1, 0.15) is 34.6 Å². The highest BCUT2D eigenvalue weighted by molar-refractivity contribution is 6.33. The van der Waals surface area contributed by atoms with Crippen LogP contribution in [0.4, 0.5) is 11.5 Å². The SMILES string of the molecule is CCN(CC)C(=O)c1ccnc(Nc2cc(C(=O)OC)ccc2Cl)c1. The van der Waals surface area contributed by atoms with Gasteiger partial charge in [0.05, 0.1) is 23.4 Å². The molecule has 2 rings (SSSR count). The Labute approximate surface area is 151 Å². The van der Waals surface area contributed by atoms with Gasteiger partial charge in [0.15, 0.2) is 0 Å². The highest BCUT2D eigenvalue weighted by atomic mass is 35.5. The molecule has 0 unspecified atom stereocenters. The van der Waals surface area contributed by atoms with E-state index >= 15 is 0 Å². The maximum absolute atomic E-state index is 12.4. The normalized spacial score (nSPS) is 10.2. The number of hydrogen-bond donors (Lipinski definition) is 1. The van der Waals surface area contributed by atoms with Crippen molar-refractivity contribution in [2.75, 3.05) is 25.5 Å². The molecule has 1 aromatic carbocycles. The van der Waals surface area contributed by atoms with E-state index in [0.29, 0.717) is 40.7 Å². The fraction of sp³-hybridized carbons (Fsp3) is 0.278. The Bertz CT molecular complexity index is 776. The van der Waals surface area contributed by atoms with Crippen molar-refractivity contribution >= 4 is 35.0 Å². The molecule has 6 nitrogen and oxygen atoms in total. The lowest BCUT2D eigenvalue weighted by atomic mass is 10.2. The third-order valence-electron chi connectivity index (χ3n) is 3.71. The fourth-order valence-electron chi connectivity index (χ4n) is 2.33. The molecule has 0 atom stereocenters. The van der Waals surface area contributed by atoms with Gasteiger partial charge in [-0.1, -0.05) is 11.6 Å². The lowest BCUT2D eigenvalue weighted by Gasteiger charge is -2.19. The molecule has 1 N–H and O–H groups in total. The summed E-state index contributed by atoms with van der Waals surface area (Å²) in [6.45, 7) is 5.13. The van der Waals surface area contributed by atoms with Gasteiger partial charge in [0, 0.05) is 24.8 Å². The van der Waals surface area contributed by atoms with Crippen LogP contribution in [0, 0.1) is 0 Å². The number of ether oxygens (including phenoxy) is 1. The number of amides is 1. The minimum Gasteiger partial charge on any atom is -0.465 e. The van der Waals surface area contributed by atoms with Gasteiger partial charge in [-0.2, -0.15) is 0 Å². The number of esters is 1. The van der Waals surface area contributed by atoms with E-state index in [9.17, 15) is 9.59 Å². The zero-order chi connectivity index (χ0) is 18.4. The topological polar surface area (TPSA) is 71.5 Å². The van der Waals surface area contributed by atoms with Gasteiger partial charge in [0.1, 0.15) is 5.82 Å². The molecule has 2 aromatic rings. The Kier molecular flexibility index (Phi) is 6.36. The number of hydrogen-bond acceptors (Lipinski definition) is 5. The summed E-state index contributed by atoms with van der Waals surface area (Å²) in [5.74, 6) is -0.0649. The number of pyridine rings is 1. The number of halogens is 1. The number of aromatic nitrogens is 1. The maximum Gasteiger partial charge on any atom is 0.337 e. The highest BCUT2D eigenvalue weighted by Crippen LogP contribution is 2.26. The van der Waals surface area contributed by atoms with E-state index in [1.165, 1.54) is 7.11 Å². The van der Waals surface area contributed by atoms with Crippen molar-refractivity contribution in [2.45, 2.75) is 13.8 Å². The summed E-state index contributed by atoms with van der Waals surface area (Å²) >= 11 is 6.17. The van der Waals surface area contributed by atoms with Crippen LogP contribution in [0.5, 0.6) is 0 Å². The summed E-state index contributed by atoms with van der Waals surface area (Å²) in [6.07, 6.45) is 1.55. The van der Waals surface area contributed by atoms with Crippen molar-refractivity contribution in [1.82, 2.24) is 9.88 Å². The predicted octanol–water partition coefficient (Wildman–Crippen LogP) is 3.75. The molecule has 0 aliphatic heterocycles. The molecular weight excluding hydrogens is 342 g/mol. The summed E-state index contributed by atoms with van der Waals surface area (Å²) in [7, 11) is 1.31. The van der Waals surface area contributed by atoms with Gasteiger partial charge in [0.2, 0.25) is 0 Å². The molecule has 0 saturated heterocycles. The number of anilines is 2. The molecule has 1 amide bonds. The standard InChI is InChI=1S/C18H20ClN3O3/c1-4-22(5-2)17(23)12-8-9-20-16(11-12)21-15-10-13(18(24)25-3)6-7-14(15)19/h6-11H,4-5H2,1-3H3,(H,20,21). The Morgan fingerprint density at radius 2 is 1.88 bits per heavy atom. The van der Waals surface area contributed by atoms with Crippen LogP contribution in [0.25, 0.3) is 0 Å². The van der Waals surface area contributed by atoms with Crippen LogP contribution in [-0.4, -0.2) is 42.0 Å². The number of nitrogens with one attached hydrogen (secondary N) is 1. The third-order valence-corrected chi connectivity index (χ3v) is 4.04. The second-order valence-electron chi connectivity index (χ2n) is 5.22. The predicted molar refractivity (Wildman–Crippen MR) is 97.6 cm³/mol. The van der Waals surface area contributed by atoms with Crippen LogP contribution >= 0.6 is 11.6 Å². The van der Waals surface area contributed by atoms with E-state index in [1.807, 2.05) is 13.8 Å². The summed E-state index contributed by atoms with van der Waals surface area (Å²) in [5, 5.41) is 3.47. The molecular formula is C18H20ClN3O3. The summed E-state index contributed by atoms with van der Waals surface area (Å²) in [4.78, 5) is 30.0. The summed E-state index contributed by atoms with van der Waals surface area (Å²) in [6, 6.07) is 8.07. The lowest BCUT2D eigenvalue weighted by molar-refractivity contribution is 0.0600. The first-order valence-corrected chi connectivity index (χ1v) is 8.28. The minimum atomic E-state index is -0.460. The van der Waals surface area contributed by atoms with E-state index in [0.717, 1.165) is 0 Å². The summed E-state index contributed by atoms with van der Waals surface area (Å²) in [5.41, 5.74) is 1.40. The van der Waals surface area contributed by atoms with E-state index in [4.69, 9.17) is 16.3 Å². The second-order valence-corrected chi connectivity index (χ2v) is 5.63. The monoisotopic (exact) mass is 361 g/mol. The zero-order valence-corrected chi connectivity index (χ0v) is 15.1. The first kappa shape index (κ1) is 18.7. The van der Waals surface area contributed by atoms with E-state index in [-0.39, 0.29) is 5.91 Å². The maximum atomic E-state index is 12.4. The van der Waals surface area contributed by atoms with Gasteiger partial charge >= 0.3 is 5.97 Å². The summed E-state index contributed by atoms with van der Waals surface area (Å²) < 4.78 is 4.71. The van der Waals surface area contributed by atoms with Crippen molar-refractivity contribution in [3.63, 3.8) is 0 Å². The van der Waals surface area contributed by atoms with Crippen molar-refractivity contribution < 1.29 is 14.3 Å². The quantitative estimate of drug-likeness (QED) is 0.793. The van der Waals surface area contributed by atoms with E-state index < -0.39 is 5.97 Å². The molecule has 0 spiro atoms. The molecule has 1 aromatic heterocycles. The minimum absolute atomic E-state index is 0.0649. The molecule has 0 fully saturated rings. The zero-order valence-electron chi connectivity index (χ0n) is 14.4. The largest absolute Gasteiger partial charge is 0.465 e. The number of carbonyl (C=O) groups is 2. The van der Waals surface area contributed by atoms with Crippen molar-refractivity contribution in [1.29, 1.82) is 0 Å². The number of carbonyl (C=O) groups excluding carboxylic acids is 2. The van der Waals surface area contributed by atoms with Crippen molar-refractivity contribution in [2.24, 2.45) is 0 Å². The second kappa shape index (κ2) is 8.48. The Morgan fingerprint density at radius 3 is 2.52 bits per heavy atom. The highest BCUT2D eigenvalue weighted by Gasteiger charge is 2.14. The Morgan fingerprint density at radius 1 is 1.16 bits per heavy atom. The molecule has 1 heterocycles. The average molecular weight is 362 g/mol. The number of nitrogens with zero attached hydrogens (tertiary/aromatic N) is 2. The van der Waals surface area contributed by atoms with Crippen LogP contribution in [0.2, 0.25) is 5.02 Å². The van der Waals surface area contributed by atoms with Crippen LogP contribution in [-0.2, 0) is 4.74 Å². The smallest absolute Gasteiger partial charge is 0.337 e. The molecule has 0 aliphatic carbocycles. The van der Waals surface area contributed by atoms with Gasteiger partial charge in [-0.15, -0.1) is 0 Å². The van der Waals surface area contributed by atoms with Gasteiger partial charge in [0.25, 0.3) is 5.91 Å². The molecule has 25 heavy (non-hydrogen) atoms. The van der Waals surface area contributed by atoms with Crippen LogP contribution < -0.4 is 5.32 Å². The molecule has 132 valence electrons. The van der Waals surface area contributed by atoms with Gasteiger partial charge in [-0.3, -0.25) is 4.79 Å². The van der Waals surface area contributed by atoms with Gasteiger partial charge in [-0.25, -0.2) is 9.78 Å². The average Bonchev–Trinajstić information content (AvgIpc) is 2.64. The van der Waals surface area contributed by atoms with E-state index in [2.05, 4.69) is 10.3 Å². The van der Waals surface area contributed by atoms with E-state index in [1.54, 1.807) is 41.4 Å². The number of methoxy groups -OCH3 is 1. The number of benzene rings is 1. The van der Waals surface area contributed by atoms with Gasteiger partial charge in [-0.05, 0) is 44.2 Å². The first-order chi connectivity index (χ1) is 12.0. The molecule has 7 heteroatoms. The molecule has 0 bridgehead atoms. The Balaban J connectivity index is 2.28. The lowest BCUT2D eigenvalue weighted by Crippen LogP contribution is -2.30. The third kappa shape index (κ3) is 4.48. The molecule has 0 radical (unpaired) electrons. The number of rotatable bonds is 6. The van der Waals surface area contributed by atoms with Crippen molar-refractivity contribution in [3.8, 4) is 0 Å². The van der Waals surface area contributed by atoms with Crippen molar-refractivity contribution in [3.05, 3.63) is 52.7 Å². The fourth-order valence-corrected chi connectivity index (χ4v) is 2.49. The first-order valence-electron chi connectivity index (χ1n) is 7.90. The Hall–Kier alpha value is -2.60. The van der Waals surface area contributed by atoms with Crippen LogP contribution in [0.15, 0.2) is 36.5 Å². The van der Waals surface area contributed by atoms with Gasteiger partial charge < -0.3 is 15.0 Å². The molecule has 0 aliphatic rings.